The third-order valence-corrected chi connectivity index (χ3v) is 4.99. The molecule has 28 heavy (non-hydrogen) atoms. The van der Waals surface area contributed by atoms with Crippen LogP contribution in [0.1, 0.15) is 22.3 Å². The van der Waals surface area contributed by atoms with Gasteiger partial charge in [0.25, 0.3) is 0 Å². The molecule has 0 amide bonds. The number of aromatic nitrogens is 1. The molecule has 0 saturated heterocycles. The number of hydrogen-bond acceptors (Lipinski definition) is 3. The zero-order valence-electron chi connectivity index (χ0n) is 16.2. The zero-order chi connectivity index (χ0) is 19.7. The molecule has 1 heterocycles. The first-order valence-electron chi connectivity index (χ1n) is 9.31. The van der Waals surface area contributed by atoms with Crippen LogP contribution in [-0.4, -0.2) is 4.98 Å². The summed E-state index contributed by atoms with van der Waals surface area (Å²) in [5.74, 6) is 0.593. The molecule has 1 aromatic heterocycles. The largest absolute Gasteiger partial charge is 0.339 e. The smallest absolute Gasteiger partial charge is 0.149 e. The lowest BCUT2D eigenvalue weighted by molar-refractivity contribution is 1.28. The molecule has 3 nitrogen and oxygen atoms in total. The molecular weight excluding hydrogens is 342 g/mol. The van der Waals surface area contributed by atoms with E-state index in [1.165, 1.54) is 5.56 Å². The van der Waals surface area contributed by atoms with E-state index in [1.807, 2.05) is 54.6 Å². The summed E-state index contributed by atoms with van der Waals surface area (Å²) in [5.41, 5.74) is 7.85. The van der Waals surface area contributed by atoms with Gasteiger partial charge in [-0.25, -0.2) is 4.98 Å². The second kappa shape index (κ2) is 7.17. The first-order chi connectivity index (χ1) is 13.6. The Morgan fingerprint density at radius 3 is 2.18 bits per heavy atom. The van der Waals surface area contributed by atoms with Gasteiger partial charge in [-0.3, -0.25) is 0 Å². The molecule has 0 saturated carbocycles. The SMILES string of the molecule is Cc1cc(C)c(Nc2nc3ccccc3c(-c3ccccc3)c2C#N)c(C)c1. The fourth-order valence-corrected chi connectivity index (χ4v) is 3.81. The van der Waals surface area contributed by atoms with Crippen molar-refractivity contribution in [1.29, 1.82) is 5.26 Å². The summed E-state index contributed by atoms with van der Waals surface area (Å²) in [5, 5.41) is 14.5. The second-order valence-electron chi connectivity index (χ2n) is 7.10. The van der Waals surface area contributed by atoms with Crippen LogP contribution in [0.2, 0.25) is 0 Å². The number of aryl methyl sites for hydroxylation is 3. The van der Waals surface area contributed by atoms with E-state index in [4.69, 9.17) is 4.98 Å². The van der Waals surface area contributed by atoms with Crippen molar-refractivity contribution >= 4 is 22.4 Å². The summed E-state index contributed by atoms with van der Waals surface area (Å²) < 4.78 is 0. The zero-order valence-corrected chi connectivity index (χ0v) is 16.2. The number of nitrogens with one attached hydrogen (secondary N) is 1. The number of para-hydroxylation sites is 1. The van der Waals surface area contributed by atoms with Gasteiger partial charge in [0.15, 0.2) is 0 Å². The Kier molecular flexibility index (Phi) is 4.55. The number of pyridine rings is 1. The van der Waals surface area contributed by atoms with Gasteiger partial charge < -0.3 is 5.32 Å². The van der Waals surface area contributed by atoms with Crippen LogP contribution >= 0.6 is 0 Å². The van der Waals surface area contributed by atoms with Crippen molar-refractivity contribution in [3.05, 3.63) is 89.0 Å². The van der Waals surface area contributed by atoms with E-state index in [0.29, 0.717) is 11.4 Å². The minimum Gasteiger partial charge on any atom is -0.339 e. The van der Waals surface area contributed by atoms with Crippen LogP contribution in [0.15, 0.2) is 66.7 Å². The van der Waals surface area contributed by atoms with Crippen molar-refractivity contribution in [1.82, 2.24) is 4.98 Å². The fraction of sp³-hybridized carbons (Fsp3) is 0.120. The molecule has 0 aliphatic rings. The molecule has 4 aromatic rings. The predicted molar refractivity (Wildman–Crippen MR) is 116 cm³/mol. The van der Waals surface area contributed by atoms with Crippen LogP contribution in [-0.2, 0) is 0 Å². The van der Waals surface area contributed by atoms with Crippen molar-refractivity contribution < 1.29 is 0 Å². The topological polar surface area (TPSA) is 48.7 Å². The third kappa shape index (κ3) is 3.10. The molecule has 0 fully saturated rings. The van der Waals surface area contributed by atoms with Crippen LogP contribution in [0.4, 0.5) is 11.5 Å². The quantitative estimate of drug-likeness (QED) is 0.455. The normalized spacial score (nSPS) is 10.6. The van der Waals surface area contributed by atoms with Gasteiger partial charge in [-0.05, 0) is 43.5 Å². The van der Waals surface area contributed by atoms with E-state index in [1.54, 1.807) is 0 Å². The summed E-state index contributed by atoms with van der Waals surface area (Å²) in [6.45, 7) is 6.24. The number of fused-ring (bicyclic) bond motifs is 1. The highest BCUT2D eigenvalue weighted by molar-refractivity contribution is 6.00. The molecule has 0 radical (unpaired) electrons. The summed E-state index contributed by atoms with van der Waals surface area (Å²) in [4.78, 5) is 4.80. The molecule has 0 atom stereocenters. The monoisotopic (exact) mass is 363 g/mol. The third-order valence-electron chi connectivity index (χ3n) is 4.99. The first-order valence-corrected chi connectivity index (χ1v) is 9.31. The molecule has 3 heteroatoms. The molecule has 136 valence electrons. The van der Waals surface area contributed by atoms with Crippen molar-refractivity contribution in [3.63, 3.8) is 0 Å². The Bertz CT molecular complexity index is 1190. The maximum absolute atomic E-state index is 10.1. The van der Waals surface area contributed by atoms with Gasteiger partial charge in [-0.15, -0.1) is 0 Å². The molecular formula is C25H21N3. The van der Waals surface area contributed by atoms with Crippen molar-refractivity contribution in [3.8, 4) is 17.2 Å². The highest BCUT2D eigenvalue weighted by atomic mass is 15.0. The Hall–Kier alpha value is -3.64. The Balaban J connectivity index is 1.99. The van der Waals surface area contributed by atoms with Crippen LogP contribution in [0.5, 0.6) is 0 Å². The van der Waals surface area contributed by atoms with E-state index in [-0.39, 0.29) is 0 Å². The summed E-state index contributed by atoms with van der Waals surface area (Å²) in [6.07, 6.45) is 0. The Morgan fingerprint density at radius 1 is 0.857 bits per heavy atom. The first kappa shape index (κ1) is 17.8. The van der Waals surface area contributed by atoms with Crippen LogP contribution in [0.25, 0.3) is 22.0 Å². The lowest BCUT2D eigenvalue weighted by Crippen LogP contribution is -2.03. The number of hydrogen-bond donors (Lipinski definition) is 1. The van der Waals surface area contributed by atoms with Gasteiger partial charge in [0.05, 0.1) is 5.52 Å². The van der Waals surface area contributed by atoms with Gasteiger partial charge in [0.1, 0.15) is 17.5 Å². The van der Waals surface area contributed by atoms with Crippen molar-refractivity contribution in [2.24, 2.45) is 0 Å². The lowest BCUT2D eigenvalue weighted by atomic mass is 9.96. The van der Waals surface area contributed by atoms with Gasteiger partial charge in [0.2, 0.25) is 0 Å². The van der Waals surface area contributed by atoms with Crippen LogP contribution in [0.3, 0.4) is 0 Å². The summed E-state index contributed by atoms with van der Waals surface area (Å²) >= 11 is 0. The molecule has 1 N–H and O–H groups in total. The molecule has 4 rings (SSSR count). The maximum atomic E-state index is 10.1. The van der Waals surface area contributed by atoms with E-state index >= 15 is 0 Å². The Morgan fingerprint density at radius 2 is 1.50 bits per heavy atom. The van der Waals surface area contributed by atoms with Gasteiger partial charge in [0, 0.05) is 16.6 Å². The van der Waals surface area contributed by atoms with Crippen LogP contribution in [0, 0.1) is 32.1 Å². The maximum Gasteiger partial charge on any atom is 0.149 e. The van der Waals surface area contributed by atoms with Gasteiger partial charge >= 0.3 is 0 Å². The summed E-state index contributed by atoms with van der Waals surface area (Å²) in [6, 6.07) is 24.7. The van der Waals surface area contributed by atoms with Crippen molar-refractivity contribution in [2.45, 2.75) is 20.8 Å². The molecule has 0 spiro atoms. The number of rotatable bonds is 3. The lowest BCUT2D eigenvalue weighted by Gasteiger charge is -2.17. The fourth-order valence-electron chi connectivity index (χ4n) is 3.81. The average Bonchev–Trinajstić information content (AvgIpc) is 2.70. The highest BCUT2D eigenvalue weighted by Gasteiger charge is 2.17. The average molecular weight is 363 g/mol. The molecule has 0 aliphatic heterocycles. The summed E-state index contributed by atoms with van der Waals surface area (Å²) in [7, 11) is 0. The molecule has 3 aromatic carbocycles. The Labute approximate surface area is 165 Å². The number of anilines is 2. The van der Waals surface area contributed by atoms with Gasteiger partial charge in [-0.1, -0.05) is 66.2 Å². The number of benzene rings is 3. The van der Waals surface area contributed by atoms with E-state index in [9.17, 15) is 5.26 Å². The van der Waals surface area contributed by atoms with E-state index < -0.39 is 0 Å². The van der Waals surface area contributed by atoms with E-state index in [0.717, 1.165) is 38.8 Å². The molecule has 0 aliphatic carbocycles. The minimum absolute atomic E-state index is 0.560. The van der Waals surface area contributed by atoms with Crippen molar-refractivity contribution in [2.75, 3.05) is 5.32 Å². The highest BCUT2D eigenvalue weighted by Crippen LogP contribution is 2.36. The minimum atomic E-state index is 0.560. The molecule has 0 unspecified atom stereocenters. The standard InChI is InChI=1S/C25H21N3/c1-16-13-17(2)24(18(3)14-16)28-25-21(15-26)23(19-9-5-4-6-10-19)20-11-7-8-12-22(20)27-25/h4-14H,1-3H3,(H,27,28). The number of nitrogens with zero attached hydrogens (tertiary/aromatic N) is 2. The van der Waals surface area contributed by atoms with E-state index in [2.05, 4.69) is 44.3 Å². The number of nitriles is 1. The van der Waals surface area contributed by atoms with Crippen LogP contribution < -0.4 is 5.32 Å². The van der Waals surface area contributed by atoms with Gasteiger partial charge in [-0.2, -0.15) is 5.26 Å². The predicted octanol–water partition coefficient (Wildman–Crippen LogP) is 6.44. The second-order valence-corrected chi connectivity index (χ2v) is 7.10. The molecule has 0 bridgehead atoms.